The van der Waals surface area contributed by atoms with Gasteiger partial charge < -0.3 is 24.0 Å². The van der Waals surface area contributed by atoms with Crippen molar-refractivity contribution >= 4 is 23.2 Å². The van der Waals surface area contributed by atoms with Crippen molar-refractivity contribution in [2.45, 2.75) is 26.9 Å². The van der Waals surface area contributed by atoms with Gasteiger partial charge in [0.2, 0.25) is 0 Å². The third-order valence-electron chi connectivity index (χ3n) is 5.84. The van der Waals surface area contributed by atoms with Crippen LogP contribution in [0.2, 0.25) is 0 Å². The Morgan fingerprint density at radius 1 is 0.467 bits per heavy atom. The lowest BCUT2D eigenvalue weighted by molar-refractivity contribution is -0.00000589. The molecule has 0 saturated carbocycles. The summed E-state index contributed by atoms with van der Waals surface area (Å²) < 4.78 is 0. The van der Waals surface area contributed by atoms with Crippen LogP contribution in [-0.4, -0.2) is 0 Å². The van der Waals surface area contributed by atoms with Gasteiger partial charge in [-0.05, 0) is 61.2 Å². The van der Waals surface area contributed by atoms with Crippen LogP contribution in [0.4, 0.5) is 0 Å². The standard InChI is InChI=1S/C28H28P.HI/c1-22-13-7-10-18-26(22)29(21-25-16-5-4-6-17-25,27-19-11-8-14-23(27)2)28-20-12-9-15-24(28)3;/h4-20H,21H2,1-3H3;1H/q+1;/p-1. The molecule has 4 aromatic carbocycles. The van der Waals surface area contributed by atoms with Crippen LogP contribution in [0.3, 0.4) is 0 Å². The summed E-state index contributed by atoms with van der Waals surface area (Å²) in [6, 6.07) is 38.0. The van der Waals surface area contributed by atoms with Crippen LogP contribution in [0.1, 0.15) is 22.3 Å². The van der Waals surface area contributed by atoms with Crippen molar-refractivity contribution in [2.75, 3.05) is 0 Å². The number of hydrogen-bond donors (Lipinski definition) is 0. The average molecular weight is 522 g/mol. The Balaban J connectivity index is 0.00000256. The highest BCUT2D eigenvalue weighted by atomic mass is 127. The predicted octanol–water partition coefficient (Wildman–Crippen LogP) is 3.11. The third kappa shape index (κ3) is 4.24. The van der Waals surface area contributed by atoms with Gasteiger partial charge in [0.15, 0.2) is 0 Å². The molecular formula is C28H28IP. The Kier molecular flexibility index (Phi) is 7.50. The van der Waals surface area contributed by atoms with Crippen LogP contribution < -0.4 is 39.9 Å². The summed E-state index contributed by atoms with van der Waals surface area (Å²) >= 11 is 0. The van der Waals surface area contributed by atoms with E-state index in [9.17, 15) is 0 Å². The first-order chi connectivity index (χ1) is 14.1. The zero-order chi connectivity index (χ0) is 20.3. The Labute approximate surface area is 198 Å². The summed E-state index contributed by atoms with van der Waals surface area (Å²) in [5.74, 6) is 0. The molecule has 0 heterocycles. The molecule has 0 aliphatic heterocycles. The molecule has 0 nitrogen and oxygen atoms in total. The molecule has 0 unspecified atom stereocenters. The van der Waals surface area contributed by atoms with Gasteiger partial charge in [-0.25, -0.2) is 0 Å². The summed E-state index contributed by atoms with van der Waals surface area (Å²) in [6.45, 7) is 6.81. The molecule has 0 atom stereocenters. The zero-order valence-electron chi connectivity index (χ0n) is 17.8. The molecule has 152 valence electrons. The molecule has 30 heavy (non-hydrogen) atoms. The van der Waals surface area contributed by atoms with E-state index in [4.69, 9.17) is 0 Å². The largest absolute Gasteiger partial charge is 1.00 e. The highest BCUT2D eigenvalue weighted by Crippen LogP contribution is 2.59. The fourth-order valence-corrected chi connectivity index (χ4v) is 9.58. The molecule has 0 bridgehead atoms. The minimum absolute atomic E-state index is 0. The lowest BCUT2D eigenvalue weighted by Gasteiger charge is -2.31. The maximum atomic E-state index is 2.37. The van der Waals surface area contributed by atoms with Gasteiger partial charge in [-0.3, -0.25) is 0 Å². The molecule has 0 aliphatic carbocycles. The van der Waals surface area contributed by atoms with E-state index in [0.29, 0.717) is 0 Å². The van der Waals surface area contributed by atoms with Crippen molar-refractivity contribution in [3.05, 3.63) is 125 Å². The number of benzene rings is 4. The van der Waals surface area contributed by atoms with Gasteiger partial charge in [0, 0.05) is 0 Å². The van der Waals surface area contributed by atoms with E-state index in [2.05, 4.69) is 124 Å². The molecule has 0 radical (unpaired) electrons. The smallest absolute Gasteiger partial charge is 0.117 e. The first-order valence-corrected chi connectivity index (χ1v) is 12.2. The second-order valence-electron chi connectivity index (χ2n) is 7.81. The average Bonchev–Trinajstić information content (AvgIpc) is 2.74. The van der Waals surface area contributed by atoms with Gasteiger partial charge in [0.1, 0.15) is 23.2 Å². The Hall–Kier alpha value is -1.96. The Morgan fingerprint density at radius 2 is 0.800 bits per heavy atom. The number of hydrogen-bond acceptors (Lipinski definition) is 0. The Morgan fingerprint density at radius 3 is 1.17 bits per heavy atom. The summed E-state index contributed by atoms with van der Waals surface area (Å²) in [6.07, 6.45) is 1.04. The van der Waals surface area contributed by atoms with E-state index < -0.39 is 7.26 Å². The normalized spacial score (nSPS) is 11.0. The lowest BCUT2D eigenvalue weighted by Crippen LogP contribution is -3.00. The van der Waals surface area contributed by atoms with Gasteiger partial charge in [0.05, 0.1) is 6.16 Å². The van der Waals surface area contributed by atoms with E-state index >= 15 is 0 Å². The summed E-state index contributed by atoms with van der Waals surface area (Å²) in [7, 11) is -1.89. The van der Waals surface area contributed by atoms with Crippen LogP contribution in [-0.2, 0) is 6.16 Å². The van der Waals surface area contributed by atoms with E-state index in [1.807, 2.05) is 0 Å². The molecule has 0 amide bonds. The van der Waals surface area contributed by atoms with Crippen molar-refractivity contribution in [1.82, 2.24) is 0 Å². The number of rotatable bonds is 5. The fraction of sp³-hybridized carbons (Fsp3) is 0.143. The first kappa shape index (κ1) is 22.7. The van der Waals surface area contributed by atoms with Crippen molar-refractivity contribution < 1.29 is 24.0 Å². The molecule has 4 aromatic rings. The fourth-order valence-electron chi connectivity index (χ4n) is 4.48. The molecular weight excluding hydrogens is 494 g/mol. The highest BCUT2D eigenvalue weighted by Gasteiger charge is 2.48. The topological polar surface area (TPSA) is 0 Å². The molecule has 0 fully saturated rings. The minimum atomic E-state index is -1.89. The van der Waals surface area contributed by atoms with E-state index in [1.165, 1.54) is 38.2 Å². The van der Waals surface area contributed by atoms with Crippen molar-refractivity contribution in [1.29, 1.82) is 0 Å². The Bertz CT molecular complexity index is 1010. The first-order valence-electron chi connectivity index (χ1n) is 10.2. The van der Waals surface area contributed by atoms with Crippen molar-refractivity contribution in [3.8, 4) is 0 Å². The van der Waals surface area contributed by atoms with Crippen LogP contribution in [0, 0.1) is 20.8 Å². The summed E-state index contributed by atoms with van der Waals surface area (Å²) in [5.41, 5.74) is 5.53. The molecule has 0 aliphatic rings. The minimum Gasteiger partial charge on any atom is -1.00 e. The van der Waals surface area contributed by atoms with E-state index in [1.54, 1.807) is 0 Å². The van der Waals surface area contributed by atoms with Crippen LogP contribution in [0.5, 0.6) is 0 Å². The number of aryl methyl sites for hydroxylation is 3. The second-order valence-corrected chi connectivity index (χ2v) is 11.2. The van der Waals surface area contributed by atoms with Gasteiger partial charge in [0.25, 0.3) is 0 Å². The van der Waals surface area contributed by atoms with Gasteiger partial charge in [-0.2, -0.15) is 0 Å². The van der Waals surface area contributed by atoms with Gasteiger partial charge in [-0.1, -0.05) is 84.9 Å². The van der Waals surface area contributed by atoms with Gasteiger partial charge in [-0.15, -0.1) is 0 Å². The van der Waals surface area contributed by atoms with Crippen molar-refractivity contribution in [2.24, 2.45) is 0 Å². The quantitative estimate of drug-likeness (QED) is 0.279. The summed E-state index contributed by atoms with van der Waals surface area (Å²) in [4.78, 5) is 0. The highest BCUT2D eigenvalue weighted by molar-refractivity contribution is 7.95. The third-order valence-corrected chi connectivity index (χ3v) is 10.7. The zero-order valence-corrected chi connectivity index (χ0v) is 20.9. The lowest BCUT2D eigenvalue weighted by atomic mass is 10.2. The monoisotopic (exact) mass is 522 g/mol. The SMILES string of the molecule is Cc1ccccc1[P+](Cc1ccccc1)(c1ccccc1C)c1ccccc1C.[I-]. The van der Waals surface area contributed by atoms with Crippen LogP contribution in [0.15, 0.2) is 103 Å². The molecule has 0 aromatic heterocycles. The molecule has 0 spiro atoms. The maximum Gasteiger partial charge on any atom is 0.117 e. The molecule has 0 saturated heterocycles. The maximum absolute atomic E-state index is 2.37. The second kappa shape index (κ2) is 9.90. The molecule has 4 rings (SSSR count). The van der Waals surface area contributed by atoms with Crippen LogP contribution in [0.25, 0.3) is 0 Å². The van der Waals surface area contributed by atoms with E-state index in [0.717, 1.165) is 6.16 Å². The summed E-state index contributed by atoms with van der Waals surface area (Å²) in [5, 5.41) is 4.48. The molecule has 0 N–H and O–H groups in total. The van der Waals surface area contributed by atoms with Crippen LogP contribution >= 0.6 is 7.26 Å². The van der Waals surface area contributed by atoms with Gasteiger partial charge >= 0.3 is 0 Å². The predicted molar refractivity (Wildman–Crippen MR) is 130 cm³/mol. The number of halogens is 1. The van der Waals surface area contributed by atoms with Crippen molar-refractivity contribution in [3.63, 3.8) is 0 Å². The van der Waals surface area contributed by atoms with E-state index in [-0.39, 0.29) is 24.0 Å². The molecule has 2 heteroatoms.